The highest BCUT2D eigenvalue weighted by molar-refractivity contribution is 5.54. The number of piperidine rings is 1. The largest absolute Gasteiger partial charge is 0.361 e. The van der Waals surface area contributed by atoms with Gasteiger partial charge in [0.1, 0.15) is 5.69 Å². The highest BCUT2D eigenvalue weighted by atomic mass is 19.1. The molecule has 0 unspecified atom stereocenters. The summed E-state index contributed by atoms with van der Waals surface area (Å²) in [6, 6.07) is 1.46. The Morgan fingerprint density at radius 2 is 1.86 bits per heavy atom. The first-order valence-corrected chi connectivity index (χ1v) is 6.67. The molecule has 0 aliphatic carbocycles. The Bertz CT molecular complexity index is 552. The van der Waals surface area contributed by atoms with Gasteiger partial charge in [-0.25, -0.2) is 8.78 Å². The Morgan fingerprint density at radius 3 is 2.43 bits per heavy atom. The van der Waals surface area contributed by atoms with Gasteiger partial charge in [0.15, 0.2) is 17.4 Å². The molecule has 114 valence electrons. The number of nitro groups is 1. The molecule has 0 bridgehead atoms. The van der Waals surface area contributed by atoms with E-state index in [9.17, 15) is 18.9 Å². The van der Waals surface area contributed by atoms with Crippen LogP contribution in [-0.4, -0.2) is 37.0 Å². The summed E-state index contributed by atoms with van der Waals surface area (Å²) in [7, 11) is 0. The Kier molecular flexibility index (Phi) is 3.50. The van der Waals surface area contributed by atoms with Crippen molar-refractivity contribution in [2.45, 2.75) is 18.6 Å². The summed E-state index contributed by atoms with van der Waals surface area (Å²) in [5, 5.41) is 10.6. The molecule has 8 heteroatoms. The maximum atomic E-state index is 14.1. The number of non-ortho nitro benzene ring substituents is 1. The quantitative estimate of drug-likeness (QED) is 0.619. The normalized spacial score (nSPS) is 21.0. The Labute approximate surface area is 119 Å². The zero-order valence-corrected chi connectivity index (χ0v) is 11.2. The lowest BCUT2D eigenvalue weighted by molar-refractivity contribution is -0.385. The monoisotopic (exact) mass is 300 g/mol. The first-order valence-electron chi connectivity index (χ1n) is 6.67. The van der Waals surface area contributed by atoms with Crippen LogP contribution < -0.4 is 4.90 Å². The van der Waals surface area contributed by atoms with Crippen molar-refractivity contribution in [3.05, 3.63) is 33.9 Å². The predicted octanol–water partition coefficient (Wildman–Crippen LogP) is 2.22. The summed E-state index contributed by atoms with van der Waals surface area (Å²) in [6.07, 6.45) is 1.33. The molecule has 2 aliphatic heterocycles. The first kappa shape index (κ1) is 14.2. The summed E-state index contributed by atoms with van der Waals surface area (Å²) in [6.45, 7) is 1.57. The minimum Gasteiger partial charge on any atom is -0.361 e. The van der Waals surface area contributed by atoms with Crippen molar-refractivity contribution >= 4 is 11.4 Å². The van der Waals surface area contributed by atoms with E-state index in [0.29, 0.717) is 32.6 Å². The fraction of sp³-hybridized carbons (Fsp3) is 0.538. The van der Waals surface area contributed by atoms with E-state index in [0.717, 1.165) is 12.1 Å². The highest BCUT2D eigenvalue weighted by Gasteiger charge is 2.42. The molecule has 1 aromatic carbocycles. The Hall–Kier alpha value is -1.80. The van der Waals surface area contributed by atoms with Gasteiger partial charge in [0.05, 0.1) is 36.8 Å². The summed E-state index contributed by atoms with van der Waals surface area (Å²) in [5.41, 5.74) is -0.868. The van der Waals surface area contributed by atoms with Gasteiger partial charge in [-0.1, -0.05) is 0 Å². The zero-order chi connectivity index (χ0) is 15.0. The van der Waals surface area contributed by atoms with Gasteiger partial charge in [-0.2, -0.15) is 0 Å². The van der Waals surface area contributed by atoms with Gasteiger partial charge in [-0.3, -0.25) is 10.1 Å². The van der Waals surface area contributed by atoms with Crippen LogP contribution in [0.25, 0.3) is 0 Å². The van der Waals surface area contributed by atoms with Crippen LogP contribution in [0.2, 0.25) is 0 Å². The number of halogens is 2. The van der Waals surface area contributed by atoms with Crippen LogP contribution in [0.4, 0.5) is 20.2 Å². The van der Waals surface area contributed by atoms with Gasteiger partial charge in [-0.05, 0) is 6.42 Å². The molecule has 2 heterocycles. The maximum absolute atomic E-state index is 14.1. The van der Waals surface area contributed by atoms with Crippen molar-refractivity contribution in [3.8, 4) is 0 Å². The molecule has 0 atom stereocenters. The molecule has 0 saturated carbocycles. The van der Waals surface area contributed by atoms with Crippen LogP contribution in [0.15, 0.2) is 12.1 Å². The standard InChI is InChI=1S/C13H14F2N2O4/c14-10-6-9(17(18)19)7-11(15)12(10)16-3-1-2-13(8-16)20-4-5-21-13/h6-7H,1-5,8H2. The molecule has 1 spiro atoms. The third kappa shape index (κ3) is 2.56. The highest BCUT2D eigenvalue weighted by Crippen LogP contribution is 2.35. The lowest BCUT2D eigenvalue weighted by Crippen LogP contribution is -2.49. The SMILES string of the molecule is O=[N+]([O-])c1cc(F)c(N2CCCC3(C2)OCCO3)c(F)c1. The van der Waals surface area contributed by atoms with Gasteiger partial charge in [0.25, 0.3) is 5.69 Å². The van der Waals surface area contributed by atoms with E-state index in [1.807, 2.05) is 0 Å². The number of nitrogens with zero attached hydrogens (tertiary/aromatic N) is 2. The first-order chi connectivity index (χ1) is 10.0. The van der Waals surface area contributed by atoms with Crippen LogP contribution in [-0.2, 0) is 9.47 Å². The Morgan fingerprint density at radius 1 is 1.24 bits per heavy atom. The van der Waals surface area contributed by atoms with Gasteiger partial charge in [-0.15, -0.1) is 0 Å². The number of rotatable bonds is 2. The lowest BCUT2D eigenvalue weighted by Gasteiger charge is -2.39. The van der Waals surface area contributed by atoms with E-state index in [2.05, 4.69) is 0 Å². The van der Waals surface area contributed by atoms with E-state index < -0.39 is 28.0 Å². The van der Waals surface area contributed by atoms with Crippen LogP contribution >= 0.6 is 0 Å². The summed E-state index contributed by atoms with van der Waals surface area (Å²) >= 11 is 0. The van der Waals surface area contributed by atoms with Gasteiger partial charge in [0, 0.05) is 13.0 Å². The molecular formula is C13H14F2N2O4. The average molecular weight is 300 g/mol. The third-order valence-corrected chi connectivity index (χ3v) is 3.76. The molecule has 0 amide bonds. The van der Waals surface area contributed by atoms with Crippen molar-refractivity contribution in [2.24, 2.45) is 0 Å². The summed E-state index contributed by atoms with van der Waals surface area (Å²) in [4.78, 5) is 11.3. The number of hydrogen-bond acceptors (Lipinski definition) is 5. The van der Waals surface area contributed by atoms with Crippen molar-refractivity contribution in [1.82, 2.24) is 0 Å². The van der Waals surface area contributed by atoms with E-state index >= 15 is 0 Å². The molecule has 2 aliphatic rings. The summed E-state index contributed by atoms with van der Waals surface area (Å²) < 4.78 is 39.2. The van der Waals surface area contributed by atoms with Crippen molar-refractivity contribution in [3.63, 3.8) is 0 Å². The number of benzene rings is 1. The van der Waals surface area contributed by atoms with Crippen molar-refractivity contribution in [2.75, 3.05) is 31.2 Å². The smallest absolute Gasteiger partial charge is 0.275 e. The van der Waals surface area contributed by atoms with Crippen LogP contribution in [0.5, 0.6) is 0 Å². The minimum absolute atomic E-state index is 0.207. The van der Waals surface area contributed by atoms with Gasteiger partial charge in [0.2, 0.25) is 0 Å². The second-order valence-corrected chi connectivity index (χ2v) is 5.15. The number of hydrogen-bond donors (Lipinski definition) is 0. The van der Waals surface area contributed by atoms with E-state index in [1.165, 1.54) is 4.90 Å². The van der Waals surface area contributed by atoms with Crippen LogP contribution in [0, 0.1) is 21.7 Å². The topological polar surface area (TPSA) is 64.8 Å². The fourth-order valence-corrected chi connectivity index (χ4v) is 2.87. The van der Waals surface area contributed by atoms with Gasteiger partial charge < -0.3 is 14.4 Å². The predicted molar refractivity (Wildman–Crippen MR) is 69.1 cm³/mol. The third-order valence-electron chi connectivity index (χ3n) is 3.76. The maximum Gasteiger partial charge on any atom is 0.275 e. The number of anilines is 1. The molecule has 0 aromatic heterocycles. The molecule has 0 radical (unpaired) electrons. The average Bonchev–Trinajstić information content (AvgIpc) is 2.86. The number of nitro benzene ring substituents is 1. The Balaban J connectivity index is 1.91. The van der Waals surface area contributed by atoms with Gasteiger partial charge >= 0.3 is 0 Å². The molecule has 0 N–H and O–H groups in total. The van der Waals surface area contributed by atoms with Crippen LogP contribution in [0.1, 0.15) is 12.8 Å². The fourth-order valence-electron chi connectivity index (χ4n) is 2.87. The van der Waals surface area contributed by atoms with Crippen molar-refractivity contribution in [1.29, 1.82) is 0 Å². The molecule has 21 heavy (non-hydrogen) atoms. The zero-order valence-electron chi connectivity index (χ0n) is 11.2. The second kappa shape index (κ2) is 5.19. The minimum atomic E-state index is -0.947. The summed E-state index contributed by atoms with van der Waals surface area (Å²) in [5.74, 6) is -2.72. The second-order valence-electron chi connectivity index (χ2n) is 5.15. The number of ether oxygens (including phenoxy) is 2. The van der Waals surface area contributed by atoms with E-state index in [-0.39, 0.29) is 12.2 Å². The van der Waals surface area contributed by atoms with E-state index in [4.69, 9.17) is 9.47 Å². The lowest BCUT2D eigenvalue weighted by atomic mass is 10.0. The van der Waals surface area contributed by atoms with E-state index in [1.54, 1.807) is 0 Å². The molecule has 3 rings (SSSR count). The van der Waals surface area contributed by atoms with Crippen molar-refractivity contribution < 1.29 is 23.2 Å². The van der Waals surface area contributed by atoms with Crippen LogP contribution in [0.3, 0.4) is 0 Å². The molecule has 1 aromatic rings. The molecule has 2 saturated heterocycles. The molecule has 2 fully saturated rings. The molecular weight excluding hydrogens is 286 g/mol. The molecule has 6 nitrogen and oxygen atoms in total.